The van der Waals surface area contributed by atoms with Crippen LogP contribution in [0.5, 0.6) is 11.5 Å². The van der Waals surface area contributed by atoms with Crippen LogP contribution in [0, 0.1) is 5.82 Å². The fraction of sp³-hybridized carbons (Fsp3) is 0.176. The van der Waals surface area contributed by atoms with E-state index in [0.717, 1.165) is 11.1 Å². The first-order chi connectivity index (χ1) is 10.7. The highest BCUT2D eigenvalue weighted by molar-refractivity contribution is 5.83. The first kappa shape index (κ1) is 14.3. The lowest BCUT2D eigenvalue weighted by Gasteiger charge is -2.09. The Morgan fingerprint density at radius 3 is 2.64 bits per heavy atom. The van der Waals surface area contributed by atoms with Gasteiger partial charge in [-0.3, -0.25) is 0 Å². The largest absolute Gasteiger partial charge is 0.494 e. The van der Waals surface area contributed by atoms with Gasteiger partial charge >= 0.3 is 0 Å². The average Bonchev–Trinajstić information content (AvgIpc) is 2.96. The van der Waals surface area contributed by atoms with Crippen molar-refractivity contribution < 1.29 is 18.3 Å². The van der Waals surface area contributed by atoms with Crippen LogP contribution in [-0.4, -0.2) is 14.2 Å². The summed E-state index contributed by atoms with van der Waals surface area (Å²) in [5, 5.41) is 4.15. The van der Waals surface area contributed by atoms with E-state index in [0.29, 0.717) is 29.3 Å². The minimum absolute atomic E-state index is 0.337. The molecule has 0 aliphatic heterocycles. The lowest BCUT2D eigenvalue weighted by Crippen LogP contribution is -2.00. The second-order valence-electron chi connectivity index (χ2n) is 4.79. The highest BCUT2D eigenvalue weighted by atomic mass is 19.1. The number of benzene rings is 2. The summed E-state index contributed by atoms with van der Waals surface area (Å²) in [5.74, 6) is 1.57. The third kappa shape index (κ3) is 2.70. The first-order valence-corrected chi connectivity index (χ1v) is 6.84. The Labute approximate surface area is 127 Å². The van der Waals surface area contributed by atoms with Crippen LogP contribution >= 0.6 is 0 Å². The van der Waals surface area contributed by atoms with Gasteiger partial charge in [0.1, 0.15) is 17.3 Å². The van der Waals surface area contributed by atoms with Crippen LogP contribution in [-0.2, 0) is 6.54 Å². The van der Waals surface area contributed by atoms with Crippen LogP contribution < -0.4 is 14.8 Å². The molecule has 5 heteroatoms. The summed E-state index contributed by atoms with van der Waals surface area (Å²) in [4.78, 5) is 0. The van der Waals surface area contributed by atoms with Gasteiger partial charge in [0, 0.05) is 11.5 Å². The molecule has 0 spiro atoms. The monoisotopic (exact) mass is 301 g/mol. The Balaban J connectivity index is 1.82. The molecule has 0 aliphatic rings. The van der Waals surface area contributed by atoms with Crippen LogP contribution in [0.3, 0.4) is 0 Å². The molecule has 0 saturated heterocycles. The number of nitrogens with one attached hydrogen (secondary N) is 1. The highest BCUT2D eigenvalue weighted by Crippen LogP contribution is 2.30. The Kier molecular flexibility index (Phi) is 3.87. The number of fused-ring (bicyclic) bond motifs is 1. The molecule has 0 amide bonds. The molecule has 2 aromatic carbocycles. The van der Waals surface area contributed by atoms with Gasteiger partial charge in [-0.15, -0.1) is 0 Å². The second kappa shape index (κ2) is 5.97. The SMILES string of the molecule is COc1cc(F)ccc1NCc1cc2cccc(OC)c2o1. The molecule has 4 nitrogen and oxygen atoms in total. The molecule has 1 N–H and O–H groups in total. The van der Waals surface area contributed by atoms with E-state index in [-0.39, 0.29) is 5.82 Å². The smallest absolute Gasteiger partial charge is 0.176 e. The van der Waals surface area contributed by atoms with Crippen molar-refractivity contribution in [1.82, 2.24) is 0 Å². The van der Waals surface area contributed by atoms with E-state index in [2.05, 4.69) is 5.32 Å². The Hall–Kier alpha value is -2.69. The number of anilines is 1. The molecule has 0 aliphatic carbocycles. The lowest BCUT2D eigenvalue weighted by molar-refractivity contribution is 0.407. The van der Waals surface area contributed by atoms with Gasteiger partial charge in [0.15, 0.2) is 11.3 Å². The fourth-order valence-electron chi connectivity index (χ4n) is 2.33. The summed E-state index contributed by atoms with van der Waals surface area (Å²) in [7, 11) is 3.12. The van der Waals surface area contributed by atoms with Crippen LogP contribution in [0.1, 0.15) is 5.76 Å². The fourth-order valence-corrected chi connectivity index (χ4v) is 2.33. The summed E-state index contributed by atoms with van der Waals surface area (Å²) in [6.07, 6.45) is 0. The molecule has 3 rings (SSSR count). The number of hydrogen-bond acceptors (Lipinski definition) is 4. The van der Waals surface area contributed by atoms with Gasteiger partial charge in [-0.05, 0) is 24.3 Å². The molecule has 0 bridgehead atoms. The molecule has 1 heterocycles. The maximum Gasteiger partial charge on any atom is 0.176 e. The van der Waals surface area contributed by atoms with Gasteiger partial charge in [-0.1, -0.05) is 12.1 Å². The molecule has 114 valence electrons. The standard InChI is InChI=1S/C17H16FNO3/c1-20-15-5-3-4-11-8-13(22-17(11)15)10-19-14-7-6-12(18)9-16(14)21-2/h3-9,19H,10H2,1-2H3. The zero-order chi connectivity index (χ0) is 15.5. The van der Waals surface area contributed by atoms with E-state index in [4.69, 9.17) is 13.9 Å². The highest BCUT2D eigenvalue weighted by Gasteiger charge is 2.10. The summed E-state index contributed by atoms with van der Waals surface area (Å²) in [6.45, 7) is 0.458. The second-order valence-corrected chi connectivity index (χ2v) is 4.79. The van der Waals surface area contributed by atoms with Crippen molar-refractivity contribution in [2.75, 3.05) is 19.5 Å². The predicted octanol–water partition coefficient (Wildman–Crippen LogP) is 4.20. The zero-order valence-electron chi connectivity index (χ0n) is 12.4. The molecule has 1 aromatic heterocycles. The van der Waals surface area contributed by atoms with E-state index >= 15 is 0 Å². The number of halogens is 1. The van der Waals surface area contributed by atoms with E-state index in [1.165, 1.54) is 19.2 Å². The van der Waals surface area contributed by atoms with Crippen molar-refractivity contribution in [2.45, 2.75) is 6.54 Å². The first-order valence-electron chi connectivity index (χ1n) is 6.84. The molecule has 3 aromatic rings. The Bertz CT molecular complexity index is 798. The van der Waals surface area contributed by atoms with Gasteiger partial charge in [0.25, 0.3) is 0 Å². The number of furan rings is 1. The quantitative estimate of drug-likeness (QED) is 0.767. The summed E-state index contributed by atoms with van der Waals surface area (Å²) < 4.78 is 29.4. The van der Waals surface area contributed by atoms with E-state index in [1.54, 1.807) is 13.2 Å². The minimum atomic E-state index is -0.337. The number of hydrogen-bond donors (Lipinski definition) is 1. The normalized spacial score (nSPS) is 10.7. The van der Waals surface area contributed by atoms with Gasteiger partial charge < -0.3 is 19.2 Å². The van der Waals surface area contributed by atoms with Gasteiger partial charge in [-0.2, -0.15) is 0 Å². The zero-order valence-corrected chi connectivity index (χ0v) is 12.4. The molecule has 0 radical (unpaired) electrons. The van der Waals surface area contributed by atoms with Crippen LogP contribution in [0.4, 0.5) is 10.1 Å². The molecular formula is C17H16FNO3. The van der Waals surface area contributed by atoms with E-state index in [9.17, 15) is 4.39 Å². The molecule has 0 atom stereocenters. The lowest BCUT2D eigenvalue weighted by atomic mass is 10.2. The summed E-state index contributed by atoms with van der Waals surface area (Å²) in [6, 6.07) is 12.0. The maximum atomic E-state index is 13.2. The number of rotatable bonds is 5. The Morgan fingerprint density at radius 2 is 1.86 bits per heavy atom. The van der Waals surface area contributed by atoms with Crippen LogP contribution in [0.15, 0.2) is 46.9 Å². The topological polar surface area (TPSA) is 43.6 Å². The van der Waals surface area contributed by atoms with E-state index < -0.39 is 0 Å². The molecule has 22 heavy (non-hydrogen) atoms. The van der Waals surface area contributed by atoms with Gasteiger partial charge in [-0.25, -0.2) is 4.39 Å². The van der Waals surface area contributed by atoms with Crippen molar-refractivity contribution in [3.63, 3.8) is 0 Å². The predicted molar refractivity (Wildman–Crippen MR) is 83.0 cm³/mol. The number of ether oxygens (including phenoxy) is 2. The van der Waals surface area contributed by atoms with Gasteiger partial charge in [0.05, 0.1) is 26.5 Å². The van der Waals surface area contributed by atoms with Crippen molar-refractivity contribution in [1.29, 1.82) is 0 Å². The van der Waals surface area contributed by atoms with Crippen molar-refractivity contribution in [3.05, 3.63) is 54.0 Å². The van der Waals surface area contributed by atoms with Gasteiger partial charge in [0.2, 0.25) is 0 Å². The molecule has 0 unspecified atom stereocenters. The molecule has 0 saturated carbocycles. The number of para-hydroxylation sites is 1. The maximum absolute atomic E-state index is 13.2. The average molecular weight is 301 g/mol. The van der Waals surface area contributed by atoms with Crippen molar-refractivity contribution in [2.24, 2.45) is 0 Å². The Morgan fingerprint density at radius 1 is 1.05 bits per heavy atom. The summed E-state index contributed by atoms with van der Waals surface area (Å²) in [5.41, 5.74) is 1.42. The summed E-state index contributed by atoms with van der Waals surface area (Å²) >= 11 is 0. The van der Waals surface area contributed by atoms with Crippen LogP contribution in [0.25, 0.3) is 11.0 Å². The van der Waals surface area contributed by atoms with E-state index in [1.807, 2.05) is 24.3 Å². The minimum Gasteiger partial charge on any atom is -0.494 e. The number of methoxy groups -OCH3 is 2. The molecule has 0 fully saturated rings. The molecular weight excluding hydrogens is 285 g/mol. The third-order valence-electron chi connectivity index (χ3n) is 3.40. The van der Waals surface area contributed by atoms with Crippen LogP contribution in [0.2, 0.25) is 0 Å². The van der Waals surface area contributed by atoms with Crippen molar-refractivity contribution >= 4 is 16.7 Å². The van der Waals surface area contributed by atoms with Crippen molar-refractivity contribution in [3.8, 4) is 11.5 Å². The third-order valence-corrected chi connectivity index (χ3v) is 3.40.